The van der Waals surface area contributed by atoms with Crippen LogP contribution in [0.3, 0.4) is 0 Å². The van der Waals surface area contributed by atoms with Gasteiger partial charge in [0.2, 0.25) is 11.8 Å². The topological polar surface area (TPSA) is 91.0 Å². The number of piperazine rings is 1. The fraction of sp³-hybridized carbons (Fsp3) is 0.423. The van der Waals surface area contributed by atoms with Crippen LogP contribution < -0.4 is 20.3 Å². The van der Waals surface area contributed by atoms with Crippen molar-refractivity contribution in [1.29, 1.82) is 0 Å². The molecular formula is C26H34N4O4. The predicted molar refractivity (Wildman–Crippen MR) is 132 cm³/mol. The van der Waals surface area contributed by atoms with E-state index in [1.807, 2.05) is 55.1 Å². The minimum atomic E-state index is -0.698. The number of nitrogens with zero attached hydrogens (tertiary/aromatic N) is 2. The number of benzene rings is 2. The molecule has 1 saturated heterocycles. The molecule has 3 amide bonds. The number of carbonyl (C=O) groups is 3. The van der Waals surface area contributed by atoms with E-state index < -0.39 is 6.04 Å². The van der Waals surface area contributed by atoms with Crippen molar-refractivity contribution >= 4 is 23.4 Å². The second kappa shape index (κ2) is 12.6. The predicted octanol–water partition coefficient (Wildman–Crippen LogP) is 2.06. The molecule has 2 aromatic carbocycles. The molecule has 1 aliphatic rings. The van der Waals surface area contributed by atoms with E-state index in [2.05, 4.69) is 27.7 Å². The number of hydrogen-bond donors (Lipinski definition) is 2. The first kappa shape index (κ1) is 25.1. The van der Waals surface area contributed by atoms with Crippen molar-refractivity contribution in [1.82, 2.24) is 15.5 Å². The van der Waals surface area contributed by atoms with Crippen LogP contribution in [0.5, 0.6) is 5.75 Å². The first-order valence-electron chi connectivity index (χ1n) is 11.8. The molecule has 8 heteroatoms. The second-order valence-corrected chi connectivity index (χ2v) is 8.64. The van der Waals surface area contributed by atoms with Crippen LogP contribution in [0.1, 0.15) is 20.3 Å². The van der Waals surface area contributed by atoms with Gasteiger partial charge in [0.15, 0.2) is 6.61 Å². The first-order chi connectivity index (χ1) is 16.4. The number of para-hydroxylation sites is 2. The molecule has 2 N–H and O–H groups in total. The summed E-state index contributed by atoms with van der Waals surface area (Å²) in [5.41, 5.74) is 1.16. The molecular weight excluding hydrogens is 432 g/mol. The minimum Gasteiger partial charge on any atom is -0.484 e. The number of hydrogen-bond acceptors (Lipinski definition) is 5. The van der Waals surface area contributed by atoms with Gasteiger partial charge < -0.3 is 25.2 Å². The molecule has 8 nitrogen and oxygen atoms in total. The molecule has 0 bridgehead atoms. The van der Waals surface area contributed by atoms with Crippen molar-refractivity contribution in [2.24, 2.45) is 5.92 Å². The van der Waals surface area contributed by atoms with Crippen molar-refractivity contribution < 1.29 is 19.1 Å². The van der Waals surface area contributed by atoms with Gasteiger partial charge in [-0.05, 0) is 30.2 Å². The lowest BCUT2D eigenvalue weighted by Gasteiger charge is -2.36. The lowest BCUT2D eigenvalue weighted by molar-refractivity contribution is -0.132. The average Bonchev–Trinajstić information content (AvgIpc) is 2.87. The summed E-state index contributed by atoms with van der Waals surface area (Å²) in [5, 5.41) is 5.53. The van der Waals surface area contributed by atoms with Gasteiger partial charge in [-0.25, -0.2) is 0 Å². The standard InChI is InChI=1S/C26H34N4O4/c1-20(2)25(28-23(31)19-34-22-11-7-4-8-12-22)26(33)27-14-13-24(32)30-17-15-29(16-18-30)21-9-5-3-6-10-21/h3-12,20,25H,13-19H2,1-2H3,(H,27,33)(H,28,31). The summed E-state index contributed by atoms with van der Waals surface area (Å²) < 4.78 is 5.45. The van der Waals surface area contributed by atoms with Gasteiger partial charge in [0.1, 0.15) is 11.8 Å². The molecule has 0 saturated carbocycles. The smallest absolute Gasteiger partial charge is 0.258 e. The SMILES string of the molecule is CC(C)C(NC(=O)COc1ccccc1)C(=O)NCCC(=O)N1CCN(c2ccccc2)CC1. The molecule has 3 rings (SSSR count). The van der Waals surface area contributed by atoms with Crippen LogP contribution in [-0.2, 0) is 14.4 Å². The molecule has 0 radical (unpaired) electrons. The van der Waals surface area contributed by atoms with Crippen molar-refractivity contribution in [3.63, 3.8) is 0 Å². The summed E-state index contributed by atoms with van der Waals surface area (Å²) in [7, 11) is 0. The number of anilines is 1. The summed E-state index contributed by atoms with van der Waals surface area (Å²) in [4.78, 5) is 41.6. The van der Waals surface area contributed by atoms with Gasteiger partial charge >= 0.3 is 0 Å². The van der Waals surface area contributed by atoms with Crippen LogP contribution in [0.25, 0.3) is 0 Å². The largest absolute Gasteiger partial charge is 0.484 e. The summed E-state index contributed by atoms with van der Waals surface area (Å²) >= 11 is 0. The Labute approximate surface area is 201 Å². The van der Waals surface area contributed by atoms with Gasteiger partial charge in [0.25, 0.3) is 5.91 Å². The van der Waals surface area contributed by atoms with Crippen LogP contribution in [-0.4, -0.2) is 68.0 Å². The van der Waals surface area contributed by atoms with Crippen molar-refractivity contribution in [3.05, 3.63) is 60.7 Å². The number of rotatable bonds is 10. The molecule has 1 aliphatic heterocycles. The maximum Gasteiger partial charge on any atom is 0.258 e. The van der Waals surface area contributed by atoms with E-state index in [1.165, 1.54) is 0 Å². The van der Waals surface area contributed by atoms with Crippen molar-refractivity contribution in [2.75, 3.05) is 44.2 Å². The monoisotopic (exact) mass is 466 g/mol. The second-order valence-electron chi connectivity index (χ2n) is 8.64. The van der Waals surface area contributed by atoms with Crippen LogP contribution in [0.15, 0.2) is 60.7 Å². The number of nitrogens with one attached hydrogen (secondary N) is 2. The van der Waals surface area contributed by atoms with E-state index in [0.717, 1.165) is 18.8 Å². The quantitative estimate of drug-likeness (QED) is 0.559. The Morgan fingerprint density at radius 2 is 1.53 bits per heavy atom. The fourth-order valence-electron chi connectivity index (χ4n) is 3.83. The van der Waals surface area contributed by atoms with Gasteiger partial charge in [-0.3, -0.25) is 14.4 Å². The van der Waals surface area contributed by atoms with E-state index in [4.69, 9.17) is 4.74 Å². The minimum absolute atomic E-state index is 0.0226. The zero-order valence-corrected chi connectivity index (χ0v) is 19.9. The van der Waals surface area contributed by atoms with E-state index in [1.54, 1.807) is 12.1 Å². The van der Waals surface area contributed by atoms with Crippen LogP contribution >= 0.6 is 0 Å². The summed E-state index contributed by atoms with van der Waals surface area (Å²) in [5.74, 6) is -0.169. The van der Waals surface area contributed by atoms with Crippen molar-refractivity contribution in [3.8, 4) is 5.75 Å². The maximum absolute atomic E-state index is 12.7. The maximum atomic E-state index is 12.7. The molecule has 0 spiro atoms. The molecule has 34 heavy (non-hydrogen) atoms. The Hall–Kier alpha value is -3.55. The van der Waals surface area contributed by atoms with E-state index in [-0.39, 0.29) is 43.2 Å². The molecule has 1 heterocycles. The first-order valence-corrected chi connectivity index (χ1v) is 11.8. The fourth-order valence-corrected chi connectivity index (χ4v) is 3.83. The highest BCUT2D eigenvalue weighted by Gasteiger charge is 2.25. The molecule has 1 atom stereocenters. The highest BCUT2D eigenvalue weighted by molar-refractivity contribution is 5.88. The van der Waals surface area contributed by atoms with Crippen LogP contribution in [0, 0.1) is 5.92 Å². The number of ether oxygens (including phenoxy) is 1. The summed E-state index contributed by atoms with van der Waals surface area (Å²) in [6.07, 6.45) is 0.229. The van der Waals surface area contributed by atoms with Crippen LogP contribution in [0.2, 0.25) is 0 Å². The lowest BCUT2D eigenvalue weighted by Crippen LogP contribution is -2.52. The van der Waals surface area contributed by atoms with E-state index in [0.29, 0.717) is 18.8 Å². The van der Waals surface area contributed by atoms with E-state index >= 15 is 0 Å². The Kier molecular flexibility index (Phi) is 9.31. The van der Waals surface area contributed by atoms with Gasteiger partial charge in [-0.15, -0.1) is 0 Å². The Balaban J connectivity index is 1.38. The molecule has 1 unspecified atom stereocenters. The third-order valence-corrected chi connectivity index (χ3v) is 5.77. The highest BCUT2D eigenvalue weighted by Crippen LogP contribution is 2.16. The number of amides is 3. The van der Waals surface area contributed by atoms with Gasteiger partial charge in [-0.1, -0.05) is 50.2 Å². The Bertz CT molecular complexity index is 928. The van der Waals surface area contributed by atoms with Gasteiger partial charge in [0.05, 0.1) is 0 Å². The van der Waals surface area contributed by atoms with Gasteiger partial charge in [-0.2, -0.15) is 0 Å². The van der Waals surface area contributed by atoms with Gasteiger partial charge in [0, 0.05) is 44.8 Å². The Morgan fingerprint density at radius 3 is 2.15 bits per heavy atom. The van der Waals surface area contributed by atoms with E-state index in [9.17, 15) is 14.4 Å². The third kappa shape index (κ3) is 7.50. The zero-order valence-electron chi connectivity index (χ0n) is 19.9. The molecule has 1 fully saturated rings. The molecule has 0 aliphatic carbocycles. The Morgan fingerprint density at radius 1 is 0.912 bits per heavy atom. The number of carbonyl (C=O) groups excluding carboxylic acids is 3. The van der Waals surface area contributed by atoms with Crippen molar-refractivity contribution in [2.45, 2.75) is 26.3 Å². The highest BCUT2D eigenvalue weighted by atomic mass is 16.5. The summed E-state index contributed by atoms with van der Waals surface area (Å²) in [6, 6.07) is 18.5. The molecule has 2 aromatic rings. The average molecular weight is 467 g/mol. The van der Waals surface area contributed by atoms with Crippen LogP contribution in [0.4, 0.5) is 5.69 Å². The summed E-state index contributed by atoms with van der Waals surface area (Å²) in [6.45, 7) is 6.68. The lowest BCUT2D eigenvalue weighted by atomic mass is 10.0. The molecule has 182 valence electrons. The normalized spacial score (nSPS) is 14.4. The molecule has 0 aromatic heterocycles. The zero-order chi connectivity index (χ0) is 24.3. The third-order valence-electron chi connectivity index (χ3n) is 5.77.